The molecule has 6 heteroatoms. The smallest absolute Gasteiger partial charge is 0.265 e. The van der Waals surface area contributed by atoms with Gasteiger partial charge in [0.05, 0.1) is 27.1 Å². The Balaban J connectivity index is 2.09. The van der Waals surface area contributed by atoms with Gasteiger partial charge in [0.2, 0.25) is 0 Å². The van der Waals surface area contributed by atoms with Crippen LogP contribution in [0.3, 0.4) is 0 Å². The Morgan fingerprint density at radius 2 is 2.10 bits per heavy atom. The summed E-state index contributed by atoms with van der Waals surface area (Å²) in [7, 11) is 0. The SMILES string of the molecule is O=C(Nc1ccc(Cl)cc1Cl)c1ccc(C#CCCO)s1. The molecule has 0 radical (unpaired) electrons. The number of hydrogen-bond donors (Lipinski definition) is 2. The fraction of sp³-hybridized carbons (Fsp3) is 0.133. The zero-order chi connectivity index (χ0) is 15.2. The maximum Gasteiger partial charge on any atom is 0.265 e. The predicted octanol–water partition coefficient (Wildman–Crippen LogP) is 4.04. The highest BCUT2D eigenvalue weighted by molar-refractivity contribution is 7.14. The summed E-state index contributed by atoms with van der Waals surface area (Å²) >= 11 is 13.1. The van der Waals surface area contributed by atoms with Crippen molar-refractivity contribution < 1.29 is 9.90 Å². The van der Waals surface area contributed by atoms with E-state index in [1.165, 1.54) is 11.3 Å². The van der Waals surface area contributed by atoms with E-state index in [-0.39, 0.29) is 12.5 Å². The van der Waals surface area contributed by atoms with Crippen LogP contribution in [0.25, 0.3) is 0 Å². The van der Waals surface area contributed by atoms with E-state index < -0.39 is 0 Å². The molecule has 21 heavy (non-hydrogen) atoms. The van der Waals surface area contributed by atoms with Crippen LogP contribution in [-0.4, -0.2) is 17.6 Å². The molecule has 1 aromatic carbocycles. The first kappa shape index (κ1) is 15.9. The predicted molar refractivity (Wildman–Crippen MR) is 87.3 cm³/mol. The Morgan fingerprint density at radius 3 is 2.81 bits per heavy atom. The van der Waals surface area contributed by atoms with Gasteiger partial charge in [-0.15, -0.1) is 11.3 Å². The minimum atomic E-state index is -0.251. The average Bonchev–Trinajstić information content (AvgIpc) is 2.91. The number of nitrogens with one attached hydrogen (secondary N) is 1. The molecule has 1 aromatic heterocycles. The summed E-state index contributed by atoms with van der Waals surface area (Å²) in [5.74, 6) is 5.45. The molecule has 0 saturated heterocycles. The Morgan fingerprint density at radius 1 is 1.29 bits per heavy atom. The molecule has 0 aliphatic heterocycles. The van der Waals surface area contributed by atoms with E-state index in [9.17, 15) is 4.79 Å². The molecule has 2 rings (SSSR count). The van der Waals surface area contributed by atoms with Crippen LogP contribution in [0.15, 0.2) is 30.3 Å². The number of carbonyl (C=O) groups is 1. The average molecular weight is 340 g/mol. The van der Waals surface area contributed by atoms with Crippen molar-refractivity contribution in [3.05, 3.63) is 50.1 Å². The first-order chi connectivity index (χ1) is 10.1. The van der Waals surface area contributed by atoms with Crippen molar-refractivity contribution in [2.24, 2.45) is 0 Å². The van der Waals surface area contributed by atoms with Crippen molar-refractivity contribution in [1.82, 2.24) is 0 Å². The Hall–Kier alpha value is -1.51. The van der Waals surface area contributed by atoms with Crippen LogP contribution in [0.4, 0.5) is 5.69 Å². The molecule has 0 spiro atoms. The van der Waals surface area contributed by atoms with Crippen LogP contribution in [0.1, 0.15) is 21.0 Å². The summed E-state index contributed by atoms with van der Waals surface area (Å²) in [4.78, 5) is 13.4. The van der Waals surface area contributed by atoms with Crippen molar-refractivity contribution >= 4 is 46.1 Å². The minimum Gasteiger partial charge on any atom is -0.395 e. The van der Waals surface area contributed by atoms with Gasteiger partial charge in [-0.1, -0.05) is 35.0 Å². The Labute approximate surface area is 136 Å². The normalized spacial score (nSPS) is 9.86. The summed E-state index contributed by atoms with van der Waals surface area (Å²) in [6, 6.07) is 8.35. The highest BCUT2D eigenvalue weighted by atomic mass is 35.5. The lowest BCUT2D eigenvalue weighted by Gasteiger charge is -2.05. The molecule has 2 aromatic rings. The molecule has 1 amide bonds. The van der Waals surface area contributed by atoms with Crippen molar-refractivity contribution in [2.75, 3.05) is 11.9 Å². The second-order valence-corrected chi connectivity index (χ2v) is 5.94. The van der Waals surface area contributed by atoms with Crippen molar-refractivity contribution in [3.63, 3.8) is 0 Å². The molecular formula is C15H11Cl2NO2S. The minimum absolute atomic E-state index is 0.0286. The highest BCUT2D eigenvalue weighted by Crippen LogP contribution is 2.26. The van der Waals surface area contributed by atoms with E-state index in [0.29, 0.717) is 27.0 Å². The number of aliphatic hydroxyl groups excluding tert-OH is 1. The number of benzene rings is 1. The third kappa shape index (κ3) is 4.48. The van der Waals surface area contributed by atoms with Crippen LogP contribution in [-0.2, 0) is 0 Å². The van der Waals surface area contributed by atoms with Gasteiger partial charge in [-0.05, 0) is 30.3 Å². The summed E-state index contributed by atoms with van der Waals surface area (Å²) < 4.78 is 0. The summed E-state index contributed by atoms with van der Waals surface area (Å²) in [5.41, 5.74) is 0.507. The van der Waals surface area contributed by atoms with Crippen molar-refractivity contribution in [3.8, 4) is 11.8 Å². The van der Waals surface area contributed by atoms with Gasteiger partial charge in [0, 0.05) is 11.4 Å². The first-order valence-electron chi connectivity index (χ1n) is 6.06. The fourth-order valence-electron chi connectivity index (χ4n) is 1.51. The summed E-state index contributed by atoms with van der Waals surface area (Å²) in [6.45, 7) is 0.0286. The van der Waals surface area contributed by atoms with Gasteiger partial charge in [0.25, 0.3) is 5.91 Å². The zero-order valence-corrected chi connectivity index (χ0v) is 13.1. The van der Waals surface area contributed by atoms with Gasteiger partial charge in [0.15, 0.2) is 0 Å². The highest BCUT2D eigenvalue weighted by Gasteiger charge is 2.11. The third-order valence-electron chi connectivity index (χ3n) is 2.46. The standard InChI is InChI=1S/C15H11Cl2NO2S/c16-10-4-6-13(12(17)9-10)18-15(20)14-7-5-11(21-14)3-1-2-8-19/h4-7,9,19H,2,8H2,(H,18,20). The van der Waals surface area contributed by atoms with Gasteiger partial charge in [0.1, 0.15) is 0 Å². The van der Waals surface area contributed by atoms with Crippen molar-refractivity contribution in [2.45, 2.75) is 6.42 Å². The molecule has 1 heterocycles. The van der Waals surface area contributed by atoms with Crippen LogP contribution >= 0.6 is 34.5 Å². The Kier molecular flexibility index (Phi) is 5.66. The topological polar surface area (TPSA) is 49.3 Å². The first-order valence-corrected chi connectivity index (χ1v) is 7.63. The van der Waals surface area contributed by atoms with Gasteiger partial charge in [-0.25, -0.2) is 0 Å². The molecule has 2 N–H and O–H groups in total. The lowest BCUT2D eigenvalue weighted by Crippen LogP contribution is -2.10. The molecular weight excluding hydrogens is 329 g/mol. The summed E-state index contributed by atoms with van der Waals surface area (Å²) in [5, 5.41) is 12.3. The van der Waals surface area contributed by atoms with Crippen LogP contribution in [0, 0.1) is 11.8 Å². The van der Waals surface area contributed by atoms with E-state index in [0.717, 1.165) is 4.88 Å². The van der Waals surface area contributed by atoms with Gasteiger partial charge < -0.3 is 10.4 Å². The monoisotopic (exact) mass is 339 g/mol. The molecule has 0 aliphatic carbocycles. The van der Waals surface area contributed by atoms with E-state index in [1.54, 1.807) is 30.3 Å². The molecule has 0 fully saturated rings. The number of halogens is 2. The fourth-order valence-corrected chi connectivity index (χ4v) is 2.74. The second kappa shape index (κ2) is 7.48. The van der Waals surface area contributed by atoms with Gasteiger partial charge in [-0.2, -0.15) is 0 Å². The number of carbonyl (C=O) groups excluding carboxylic acids is 1. The lowest BCUT2D eigenvalue weighted by atomic mass is 10.3. The van der Waals surface area contributed by atoms with Gasteiger partial charge >= 0.3 is 0 Å². The van der Waals surface area contributed by atoms with Crippen LogP contribution < -0.4 is 5.32 Å². The molecule has 0 saturated carbocycles. The van der Waals surface area contributed by atoms with E-state index in [2.05, 4.69) is 17.2 Å². The lowest BCUT2D eigenvalue weighted by molar-refractivity contribution is 0.103. The maximum atomic E-state index is 12.1. The van der Waals surface area contributed by atoms with Crippen molar-refractivity contribution in [1.29, 1.82) is 0 Å². The number of anilines is 1. The molecule has 0 bridgehead atoms. The number of hydrogen-bond acceptors (Lipinski definition) is 3. The number of amides is 1. The third-order valence-corrected chi connectivity index (χ3v) is 4.00. The number of rotatable bonds is 3. The largest absolute Gasteiger partial charge is 0.395 e. The summed E-state index contributed by atoms with van der Waals surface area (Å²) in [6.07, 6.45) is 0.416. The molecule has 0 aliphatic rings. The van der Waals surface area contributed by atoms with E-state index in [4.69, 9.17) is 28.3 Å². The maximum absolute atomic E-state index is 12.1. The second-order valence-electron chi connectivity index (χ2n) is 4.02. The molecule has 108 valence electrons. The van der Waals surface area contributed by atoms with Gasteiger partial charge in [-0.3, -0.25) is 4.79 Å². The zero-order valence-electron chi connectivity index (χ0n) is 10.8. The van der Waals surface area contributed by atoms with Crippen LogP contribution in [0.5, 0.6) is 0 Å². The van der Waals surface area contributed by atoms with E-state index >= 15 is 0 Å². The quantitative estimate of drug-likeness (QED) is 0.829. The number of thiophene rings is 1. The Bertz CT molecular complexity index is 716. The molecule has 0 unspecified atom stereocenters. The molecule has 0 atom stereocenters. The van der Waals surface area contributed by atoms with E-state index in [1.807, 2.05) is 0 Å². The van der Waals surface area contributed by atoms with Crippen LogP contribution in [0.2, 0.25) is 10.0 Å². The number of aliphatic hydroxyl groups is 1. The molecule has 3 nitrogen and oxygen atoms in total.